The van der Waals surface area contributed by atoms with Crippen molar-refractivity contribution in [2.24, 2.45) is 0 Å². The summed E-state index contributed by atoms with van der Waals surface area (Å²) in [4.78, 5) is 3.62. The van der Waals surface area contributed by atoms with Crippen LogP contribution >= 0.6 is 38.6 Å². The van der Waals surface area contributed by atoms with Gasteiger partial charge in [0.15, 0.2) is 5.51 Å². The Morgan fingerprint density at radius 2 is 2.25 bits per heavy atom. The second kappa shape index (κ2) is 8.21. The molecule has 0 bridgehead atoms. The minimum absolute atomic E-state index is 0.250. The molecule has 0 aromatic carbocycles. The maximum Gasteiger partial charge on any atom is 0.152 e. The largest absolute Gasteiger partial charge is 0.242 e. The van der Waals surface area contributed by atoms with Crippen LogP contribution in [0.2, 0.25) is 0 Å². The van der Waals surface area contributed by atoms with Gasteiger partial charge in [-0.05, 0) is 0 Å². The van der Waals surface area contributed by atoms with E-state index < -0.39 is 0 Å². The molecule has 0 aliphatic heterocycles. The number of halogens is 2. The summed E-state index contributed by atoms with van der Waals surface area (Å²) in [5.41, 5.74) is 2.65. The molecule has 1 heterocycles. The zero-order valence-corrected chi connectivity index (χ0v) is 10.9. The predicted molar refractivity (Wildman–Crippen MR) is 38.8 cm³/mol. The normalized spacial score (nSPS) is 6.25. The van der Waals surface area contributed by atoms with Crippen molar-refractivity contribution in [3.63, 3.8) is 0 Å². The van der Waals surface area contributed by atoms with Gasteiger partial charge in [-0.1, -0.05) is 0 Å². The monoisotopic (exact) mass is 306 g/mol. The van der Waals surface area contributed by atoms with Crippen molar-refractivity contribution in [1.82, 2.24) is 4.98 Å². The first-order chi connectivity index (χ1) is 3.91. The zero-order chi connectivity index (χ0) is 6.24. The number of hydrogen-bond acceptors (Lipinski definition) is 2. The second-order valence-electron chi connectivity index (χ2n) is 0.724. The third kappa shape index (κ3) is 7.21. The summed E-state index contributed by atoms with van der Waals surface area (Å²) in [6, 6.07) is 0. The van der Waals surface area contributed by atoms with Gasteiger partial charge in [0.1, 0.15) is 0 Å². The first-order valence-electron chi connectivity index (χ1n) is 1.79. The molecule has 0 spiro atoms. The van der Waals surface area contributed by atoms with Crippen LogP contribution in [0.15, 0.2) is 11.6 Å². The molecule has 1 radical (unpaired) electrons. The molecule has 0 N–H and O–H groups in total. The van der Waals surface area contributed by atoms with E-state index in [0.29, 0.717) is 0 Å². The fourth-order valence-electron chi connectivity index (χ4n) is 0.152. The molecule has 1 aromatic heterocycles. The molecule has 0 aliphatic carbocycles. The third-order valence-corrected chi connectivity index (χ3v) is 0.777. The number of hydrogen-bond donors (Lipinski definition) is 0. The van der Waals surface area contributed by atoms with Crippen molar-refractivity contribution in [2.45, 2.75) is 0 Å². The molecule has 1 rings (SSSR count). The van der Waals surface area contributed by atoms with Crippen molar-refractivity contribution < 1.29 is 13.2 Å². The molecular formula is C3H2Br2NSZn. The Kier molecular flexibility index (Phi) is 9.46. The van der Waals surface area contributed by atoms with E-state index in [1.807, 2.05) is 5.38 Å². The van der Waals surface area contributed by atoms with Crippen molar-refractivity contribution in [3.8, 4) is 0 Å². The standard InChI is InChI=1S/C3H2NS.2BrH.Zn/c1-2-5-3-4-1;;;/h1-2H;2*1H;/q;;;+2/p-2. The van der Waals surface area contributed by atoms with E-state index >= 15 is 0 Å². The van der Waals surface area contributed by atoms with Gasteiger partial charge in [0.05, 0.1) is 0 Å². The Bertz CT molecular complexity index is 84.2. The molecule has 0 atom stereocenters. The van der Waals surface area contributed by atoms with Crippen LogP contribution in [0.5, 0.6) is 0 Å². The molecule has 0 unspecified atom stereocenters. The summed E-state index contributed by atoms with van der Waals surface area (Å²) in [6.07, 6.45) is 1.71. The second-order valence-corrected chi connectivity index (χ2v) is 15.5. The molecule has 0 amide bonds. The fourth-order valence-corrected chi connectivity index (χ4v) is 0.456. The first-order valence-corrected chi connectivity index (χ1v) is 16.6. The fraction of sp³-hybridized carbons (Fsp3) is 0. The van der Waals surface area contributed by atoms with E-state index in [1.165, 1.54) is 11.3 Å². The quantitative estimate of drug-likeness (QED) is 0.671. The first kappa shape index (κ1) is 9.21. The van der Waals surface area contributed by atoms with Gasteiger partial charge in [-0.15, -0.1) is 11.3 Å². The summed E-state index contributed by atoms with van der Waals surface area (Å²) in [6.45, 7) is 0. The molecule has 0 aliphatic rings. The van der Waals surface area contributed by atoms with Crippen molar-refractivity contribution >= 4 is 38.6 Å². The average Bonchev–Trinajstić information content (AvgIpc) is 2.17. The Hall–Kier alpha value is 1.21. The number of aromatic nitrogens is 1. The van der Waals surface area contributed by atoms with Crippen molar-refractivity contribution in [3.05, 3.63) is 17.1 Å². The third-order valence-electron chi connectivity index (χ3n) is 0.309. The van der Waals surface area contributed by atoms with Crippen LogP contribution in [-0.4, -0.2) is 4.98 Å². The van der Waals surface area contributed by atoms with Crippen LogP contribution in [0.1, 0.15) is 0 Å². The summed E-state index contributed by atoms with van der Waals surface area (Å²) in [5, 5.41) is 1.88. The van der Waals surface area contributed by atoms with Crippen LogP contribution in [0, 0.1) is 5.51 Å². The number of nitrogens with zero attached hydrogens (tertiary/aromatic N) is 1. The zero-order valence-electron chi connectivity index (χ0n) is 3.97. The van der Waals surface area contributed by atoms with Gasteiger partial charge in [0.25, 0.3) is 0 Å². The maximum atomic E-state index is 3.62. The Morgan fingerprint density at radius 1 is 1.62 bits per heavy atom. The molecule has 8 heavy (non-hydrogen) atoms. The van der Waals surface area contributed by atoms with Crippen molar-refractivity contribution in [1.29, 1.82) is 0 Å². The average molecular weight is 309 g/mol. The molecule has 0 fully saturated rings. The van der Waals surface area contributed by atoms with Gasteiger partial charge in [-0.3, -0.25) is 0 Å². The predicted octanol–water partition coefficient (Wildman–Crippen LogP) is 2.63. The van der Waals surface area contributed by atoms with E-state index in [1.54, 1.807) is 6.20 Å². The van der Waals surface area contributed by atoms with Gasteiger partial charge < -0.3 is 0 Å². The molecule has 1 aromatic rings. The Morgan fingerprint density at radius 3 is 2.38 bits per heavy atom. The molecule has 0 saturated heterocycles. The van der Waals surface area contributed by atoms with Crippen LogP contribution < -0.4 is 0 Å². The summed E-state index contributed by atoms with van der Waals surface area (Å²) in [5.74, 6) is 0. The summed E-state index contributed by atoms with van der Waals surface area (Å²) >= 11 is 7.73. The summed E-state index contributed by atoms with van der Waals surface area (Å²) < 4.78 is 0. The minimum Gasteiger partial charge on any atom is -0.242 e. The van der Waals surface area contributed by atoms with Gasteiger partial charge in [0.2, 0.25) is 0 Å². The minimum atomic E-state index is -0.250. The molecule has 41 valence electrons. The van der Waals surface area contributed by atoms with E-state index in [2.05, 4.69) is 37.7 Å². The van der Waals surface area contributed by atoms with Gasteiger partial charge >= 0.3 is 40.5 Å². The van der Waals surface area contributed by atoms with Crippen LogP contribution in [0.3, 0.4) is 0 Å². The van der Waals surface area contributed by atoms with Crippen LogP contribution in [0.4, 0.5) is 0 Å². The number of thiazole rings is 1. The van der Waals surface area contributed by atoms with Gasteiger partial charge in [0, 0.05) is 11.6 Å². The number of rotatable bonds is 0. The molecule has 1 nitrogen and oxygen atoms in total. The SMILES string of the molecule is [Br][Zn][Br].[c]1nccs1. The van der Waals surface area contributed by atoms with E-state index in [4.69, 9.17) is 0 Å². The van der Waals surface area contributed by atoms with Gasteiger partial charge in [-0.2, -0.15) is 0 Å². The van der Waals surface area contributed by atoms with Crippen LogP contribution in [-0.2, 0) is 13.2 Å². The van der Waals surface area contributed by atoms with E-state index in [9.17, 15) is 0 Å². The molecular weight excluding hydrogens is 307 g/mol. The Balaban J connectivity index is 0.000000145. The van der Waals surface area contributed by atoms with Gasteiger partial charge in [-0.25, -0.2) is 4.98 Å². The van der Waals surface area contributed by atoms with E-state index in [-0.39, 0.29) is 13.2 Å². The van der Waals surface area contributed by atoms with Crippen LogP contribution in [0.25, 0.3) is 0 Å². The smallest absolute Gasteiger partial charge is 0.152 e. The molecule has 5 heteroatoms. The maximum absolute atomic E-state index is 3.62. The summed E-state index contributed by atoms with van der Waals surface area (Å²) in [7, 11) is 0. The Labute approximate surface area is 73.2 Å². The van der Waals surface area contributed by atoms with E-state index in [0.717, 1.165) is 0 Å². The topological polar surface area (TPSA) is 12.9 Å². The van der Waals surface area contributed by atoms with Crippen molar-refractivity contribution in [2.75, 3.05) is 0 Å². The molecule has 0 saturated carbocycles.